The molecule has 5 nitrogen and oxygen atoms in total. The third-order valence-electron chi connectivity index (χ3n) is 3.50. The van der Waals surface area contributed by atoms with Gasteiger partial charge in [-0.2, -0.15) is 4.37 Å². The van der Waals surface area contributed by atoms with Crippen LogP contribution in [-0.4, -0.2) is 29.4 Å². The van der Waals surface area contributed by atoms with Crippen molar-refractivity contribution >= 4 is 28.3 Å². The lowest BCUT2D eigenvalue weighted by molar-refractivity contribution is 0.0944. The Bertz CT molecular complexity index is 476. The number of nitrogens with zero attached hydrogens (tertiary/aromatic N) is 2. The lowest BCUT2D eigenvalue weighted by atomic mass is 9.92. The van der Waals surface area contributed by atoms with Crippen LogP contribution >= 0.6 is 11.5 Å². The summed E-state index contributed by atoms with van der Waals surface area (Å²) in [4.78, 5) is 14.6. The van der Waals surface area contributed by atoms with Crippen molar-refractivity contribution in [2.24, 2.45) is 11.8 Å². The van der Waals surface area contributed by atoms with Crippen molar-refractivity contribution in [3.05, 3.63) is 5.56 Å². The summed E-state index contributed by atoms with van der Waals surface area (Å²) in [6.07, 6.45) is 1.23. The topological polar surface area (TPSA) is 71.2 Å². The van der Waals surface area contributed by atoms with Crippen molar-refractivity contribution in [1.29, 1.82) is 0 Å². The van der Waals surface area contributed by atoms with E-state index in [0.29, 0.717) is 23.2 Å². The number of nitrogens with two attached hydrogens (primary N) is 1. The number of nitrogen functional groups attached to an aromatic ring is 1. The third kappa shape index (κ3) is 3.23. The van der Waals surface area contributed by atoms with Crippen LogP contribution in [0, 0.1) is 11.8 Å². The van der Waals surface area contributed by atoms with Crippen molar-refractivity contribution < 1.29 is 4.79 Å². The number of hydrogen-bond acceptors (Lipinski definition) is 5. The van der Waals surface area contributed by atoms with Crippen LogP contribution in [0.2, 0.25) is 0 Å². The zero-order chi connectivity index (χ0) is 14.9. The molecule has 1 aromatic heterocycles. The van der Waals surface area contributed by atoms with Crippen molar-refractivity contribution in [2.75, 3.05) is 23.7 Å². The van der Waals surface area contributed by atoms with Crippen LogP contribution in [0.4, 0.5) is 10.8 Å². The van der Waals surface area contributed by atoms with Crippen LogP contribution in [0.3, 0.4) is 0 Å². The van der Waals surface area contributed by atoms with E-state index in [1.54, 1.807) is 0 Å². The molecule has 1 aliphatic rings. The summed E-state index contributed by atoms with van der Waals surface area (Å²) in [5.41, 5.74) is 6.45. The number of carbonyl (C=O) groups is 1. The molecule has 2 heterocycles. The largest absolute Gasteiger partial charge is 0.382 e. The fraction of sp³-hybridized carbons (Fsp3) is 0.714. The highest BCUT2D eigenvalue weighted by atomic mass is 32.1. The first-order valence-corrected chi connectivity index (χ1v) is 7.96. The van der Waals surface area contributed by atoms with Crippen molar-refractivity contribution in [3.8, 4) is 0 Å². The number of hydrogen-bond donors (Lipinski definition) is 2. The fourth-order valence-electron chi connectivity index (χ4n) is 2.89. The van der Waals surface area contributed by atoms with Gasteiger partial charge in [-0.1, -0.05) is 13.8 Å². The predicted molar refractivity (Wildman–Crippen MR) is 84.3 cm³/mol. The van der Waals surface area contributed by atoms with Gasteiger partial charge < -0.3 is 16.0 Å². The second-order valence-corrected chi connectivity index (χ2v) is 6.98. The van der Waals surface area contributed by atoms with Crippen LogP contribution in [0.15, 0.2) is 0 Å². The van der Waals surface area contributed by atoms with Crippen molar-refractivity contribution in [2.45, 2.75) is 40.2 Å². The quantitative estimate of drug-likeness (QED) is 0.898. The van der Waals surface area contributed by atoms with Gasteiger partial charge in [0.25, 0.3) is 5.91 Å². The average Bonchev–Trinajstić information content (AvgIpc) is 2.68. The minimum atomic E-state index is -0.118. The molecule has 1 amide bonds. The summed E-state index contributed by atoms with van der Waals surface area (Å²) < 4.78 is 4.19. The van der Waals surface area contributed by atoms with Gasteiger partial charge in [0.2, 0.25) is 0 Å². The van der Waals surface area contributed by atoms with E-state index in [9.17, 15) is 4.79 Å². The molecule has 2 rings (SSSR count). The molecule has 0 bridgehead atoms. The molecule has 1 fully saturated rings. The van der Waals surface area contributed by atoms with Gasteiger partial charge >= 0.3 is 0 Å². The lowest BCUT2D eigenvalue weighted by Crippen LogP contribution is -2.40. The number of nitrogens with one attached hydrogen (secondary N) is 1. The first-order chi connectivity index (χ1) is 9.38. The molecule has 6 heteroatoms. The monoisotopic (exact) mass is 296 g/mol. The van der Waals surface area contributed by atoms with E-state index in [-0.39, 0.29) is 11.9 Å². The van der Waals surface area contributed by atoms with E-state index < -0.39 is 0 Å². The predicted octanol–water partition coefficient (Wildman–Crippen LogP) is 2.35. The van der Waals surface area contributed by atoms with Gasteiger partial charge in [-0.15, -0.1) is 0 Å². The second kappa shape index (κ2) is 5.99. The van der Waals surface area contributed by atoms with Crippen LogP contribution in [0.25, 0.3) is 0 Å². The van der Waals surface area contributed by atoms with Crippen LogP contribution in [0.5, 0.6) is 0 Å². The van der Waals surface area contributed by atoms with Gasteiger partial charge in [0, 0.05) is 19.1 Å². The molecular formula is C14H24N4OS. The highest BCUT2D eigenvalue weighted by Gasteiger charge is 2.28. The summed E-state index contributed by atoms with van der Waals surface area (Å²) in [5.74, 6) is 1.48. The van der Waals surface area contributed by atoms with E-state index in [0.717, 1.165) is 18.1 Å². The zero-order valence-electron chi connectivity index (χ0n) is 12.6. The summed E-state index contributed by atoms with van der Waals surface area (Å²) >= 11 is 1.33. The molecule has 20 heavy (non-hydrogen) atoms. The summed E-state index contributed by atoms with van der Waals surface area (Å²) in [6, 6.07) is 0.0915. The number of amides is 1. The third-order valence-corrected chi connectivity index (χ3v) is 4.43. The molecular weight excluding hydrogens is 272 g/mol. The van der Waals surface area contributed by atoms with E-state index in [2.05, 4.69) is 28.4 Å². The summed E-state index contributed by atoms with van der Waals surface area (Å²) in [6.45, 7) is 10.3. The smallest absolute Gasteiger partial charge is 0.258 e. The highest BCUT2D eigenvalue weighted by molar-refractivity contribution is 7.11. The maximum Gasteiger partial charge on any atom is 0.258 e. The molecule has 3 N–H and O–H groups in total. The standard InChI is InChI=1S/C14H24N4OS/c1-8(2)16-13(19)11-12(15)17-20-14(11)18-6-9(3)5-10(4)7-18/h8-10H,5-7H2,1-4H3,(H2,15,17)(H,16,19). The molecule has 0 aromatic carbocycles. The molecule has 0 spiro atoms. The van der Waals surface area contributed by atoms with Gasteiger partial charge in [0.1, 0.15) is 10.6 Å². The summed E-state index contributed by atoms with van der Waals surface area (Å²) in [5, 5.41) is 3.82. The van der Waals surface area contributed by atoms with Crippen molar-refractivity contribution in [3.63, 3.8) is 0 Å². The first kappa shape index (κ1) is 15.1. The van der Waals surface area contributed by atoms with Crippen LogP contribution in [-0.2, 0) is 0 Å². The molecule has 2 atom stereocenters. The van der Waals surface area contributed by atoms with Crippen LogP contribution in [0.1, 0.15) is 44.5 Å². The molecule has 2 unspecified atom stereocenters. The Morgan fingerprint density at radius 1 is 1.40 bits per heavy atom. The second-order valence-electron chi connectivity index (χ2n) is 6.23. The van der Waals surface area contributed by atoms with Crippen LogP contribution < -0.4 is 16.0 Å². The average molecular weight is 296 g/mol. The Hall–Kier alpha value is -1.30. The Morgan fingerprint density at radius 3 is 2.55 bits per heavy atom. The number of aromatic nitrogens is 1. The normalized spacial score (nSPS) is 23.1. The van der Waals surface area contributed by atoms with Gasteiger partial charge in [0.15, 0.2) is 5.82 Å². The molecule has 1 aromatic rings. The Kier molecular flexibility index (Phi) is 4.52. The van der Waals surface area contributed by atoms with E-state index in [4.69, 9.17) is 5.73 Å². The Morgan fingerprint density at radius 2 is 2.00 bits per heavy atom. The fourth-order valence-corrected chi connectivity index (χ4v) is 3.71. The molecule has 1 saturated heterocycles. The first-order valence-electron chi connectivity index (χ1n) is 7.19. The number of piperidine rings is 1. The molecule has 112 valence electrons. The maximum atomic E-state index is 12.3. The van der Waals surface area contributed by atoms with Crippen molar-refractivity contribution in [1.82, 2.24) is 9.69 Å². The molecule has 0 radical (unpaired) electrons. The number of rotatable bonds is 3. The summed E-state index contributed by atoms with van der Waals surface area (Å²) in [7, 11) is 0. The van der Waals surface area contributed by atoms with Gasteiger partial charge in [-0.3, -0.25) is 4.79 Å². The highest BCUT2D eigenvalue weighted by Crippen LogP contribution is 2.34. The Balaban J connectivity index is 2.26. The molecule has 0 saturated carbocycles. The van der Waals surface area contributed by atoms with Gasteiger partial charge in [-0.25, -0.2) is 0 Å². The maximum absolute atomic E-state index is 12.3. The minimum Gasteiger partial charge on any atom is -0.382 e. The lowest BCUT2D eigenvalue weighted by Gasteiger charge is -2.35. The molecule has 1 aliphatic heterocycles. The zero-order valence-corrected chi connectivity index (χ0v) is 13.5. The Labute approximate surface area is 124 Å². The van der Waals surface area contributed by atoms with E-state index in [1.807, 2.05) is 13.8 Å². The molecule has 0 aliphatic carbocycles. The van der Waals surface area contributed by atoms with Gasteiger partial charge in [0.05, 0.1) is 0 Å². The van der Waals surface area contributed by atoms with E-state index >= 15 is 0 Å². The van der Waals surface area contributed by atoms with Gasteiger partial charge in [-0.05, 0) is 43.6 Å². The SMILES string of the molecule is CC1CC(C)CN(c2snc(N)c2C(=O)NC(C)C)C1. The number of anilines is 2. The minimum absolute atomic E-state index is 0.0915. The van der Waals surface area contributed by atoms with E-state index in [1.165, 1.54) is 18.0 Å². The number of carbonyl (C=O) groups excluding carboxylic acids is 1.